The number of aliphatic hydroxyl groups excluding tert-OH is 1. The van der Waals surface area contributed by atoms with Gasteiger partial charge in [0.15, 0.2) is 22.4 Å². The van der Waals surface area contributed by atoms with E-state index in [2.05, 4.69) is 25.5 Å². The van der Waals surface area contributed by atoms with E-state index in [9.17, 15) is 25.4 Å². The van der Waals surface area contributed by atoms with E-state index in [0.29, 0.717) is 6.42 Å². The molecule has 6 N–H and O–H groups in total. The van der Waals surface area contributed by atoms with Gasteiger partial charge in [-0.15, -0.1) is 5.11 Å². The molecule has 0 saturated heterocycles. The Morgan fingerprint density at radius 3 is 2.76 bits per heavy atom. The molecule has 4 atom stereocenters. The van der Waals surface area contributed by atoms with Gasteiger partial charge in [-0.1, -0.05) is 17.7 Å². The van der Waals surface area contributed by atoms with Crippen molar-refractivity contribution in [2.24, 2.45) is 16.1 Å². The maximum atomic E-state index is 10.9. The SMILES string of the molecule is Nc1nc(Cl)c(N=Nc2cccc([N+](=O)[O-])c2)c(N[C@@]2(O)CC[C@@H]3C(O)[C@@]32O)n1. The number of non-ortho nitro benzene ring substituents is 1. The highest BCUT2D eigenvalue weighted by Crippen LogP contribution is 2.61. The summed E-state index contributed by atoms with van der Waals surface area (Å²) in [4.78, 5) is 18.1. The Hall–Kier alpha value is -2.93. The van der Waals surface area contributed by atoms with Gasteiger partial charge in [0, 0.05) is 18.1 Å². The molecule has 12 nitrogen and oxygen atoms in total. The number of aliphatic hydroxyl groups is 3. The van der Waals surface area contributed by atoms with E-state index < -0.39 is 28.3 Å². The number of nitrogens with two attached hydrogens (primary N) is 1. The Labute approximate surface area is 168 Å². The minimum Gasteiger partial charge on any atom is -0.390 e. The number of rotatable bonds is 5. The maximum absolute atomic E-state index is 10.9. The van der Waals surface area contributed by atoms with Crippen LogP contribution in [0, 0.1) is 16.0 Å². The van der Waals surface area contributed by atoms with Gasteiger partial charge in [0.05, 0.1) is 16.7 Å². The number of nitro groups is 1. The minimum absolute atomic E-state index is 0.0945. The molecule has 0 amide bonds. The topological polar surface area (TPSA) is 192 Å². The van der Waals surface area contributed by atoms with Gasteiger partial charge in [-0.3, -0.25) is 10.1 Å². The second-order valence-corrected chi connectivity index (χ2v) is 7.31. The fourth-order valence-corrected chi connectivity index (χ4v) is 3.89. The molecule has 4 rings (SSSR count). The average molecular weight is 422 g/mol. The van der Waals surface area contributed by atoms with E-state index >= 15 is 0 Å². The first-order chi connectivity index (χ1) is 13.7. The van der Waals surface area contributed by atoms with Gasteiger partial charge in [0.25, 0.3) is 5.69 Å². The average Bonchev–Trinajstić information content (AvgIpc) is 3.08. The molecule has 1 aromatic carbocycles. The highest BCUT2D eigenvalue weighted by molar-refractivity contribution is 6.32. The van der Waals surface area contributed by atoms with Crippen molar-refractivity contribution in [1.29, 1.82) is 0 Å². The van der Waals surface area contributed by atoms with Crippen LogP contribution in [0.5, 0.6) is 0 Å². The Bertz CT molecular complexity index is 1040. The number of nitrogens with one attached hydrogen (secondary N) is 1. The number of anilines is 2. The van der Waals surface area contributed by atoms with E-state index in [1.165, 1.54) is 24.3 Å². The van der Waals surface area contributed by atoms with Crippen molar-refractivity contribution in [3.05, 3.63) is 39.5 Å². The van der Waals surface area contributed by atoms with Crippen molar-refractivity contribution in [2.45, 2.75) is 30.3 Å². The summed E-state index contributed by atoms with van der Waals surface area (Å²) in [6.45, 7) is 0. The summed E-state index contributed by atoms with van der Waals surface area (Å²) in [5, 5.41) is 52.5. The molecule has 1 aromatic heterocycles. The summed E-state index contributed by atoms with van der Waals surface area (Å²) >= 11 is 6.10. The normalized spacial score (nSPS) is 30.3. The van der Waals surface area contributed by atoms with Crippen molar-refractivity contribution < 1.29 is 20.2 Å². The summed E-state index contributed by atoms with van der Waals surface area (Å²) in [5.41, 5.74) is 1.93. The van der Waals surface area contributed by atoms with Crippen molar-refractivity contribution in [2.75, 3.05) is 11.1 Å². The summed E-state index contributed by atoms with van der Waals surface area (Å²) in [7, 11) is 0. The summed E-state index contributed by atoms with van der Waals surface area (Å²) < 4.78 is 0. The first kappa shape index (κ1) is 19.4. The van der Waals surface area contributed by atoms with Crippen LogP contribution in [-0.4, -0.2) is 47.6 Å². The number of hydrogen-bond donors (Lipinski definition) is 5. The van der Waals surface area contributed by atoms with Crippen molar-refractivity contribution in [3.63, 3.8) is 0 Å². The summed E-state index contributed by atoms with van der Waals surface area (Å²) in [6.07, 6.45) is -0.521. The van der Waals surface area contributed by atoms with Gasteiger partial charge in [-0.2, -0.15) is 15.1 Å². The van der Waals surface area contributed by atoms with Gasteiger partial charge in [-0.05, 0) is 18.9 Å². The molecular formula is C16H16ClN7O5. The van der Waals surface area contributed by atoms with Crippen molar-refractivity contribution in [3.8, 4) is 0 Å². The van der Waals surface area contributed by atoms with E-state index in [0.717, 1.165) is 0 Å². The third kappa shape index (κ3) is 3.06. The van der Waals surface area contributed by atoms with Gasteiger partial charge in [0.1, 0.15) is 5.60 Å². The highest BCUT2D eigenvalue weighted by atomic mass is 35.5. The highest BCUT2D eigenvalue weighted by Gasteiger charge is 2.78. The summed E-state index contributed by atoms with van der Waals surface area (Å²) in [5.74, 6) is -0.773. The predicted octanol–water partition coefficient (Wildman–Crippen LogP) is 1.65. The van der Waals surface area contributed by atoms with Gasteiger partial charge >= 0.3 is 0 Å². The molecule has 2 fully saturated rings. The van der Waals surface area contributed by atoms with Crippen LogP contribution in [-0.2, 0) is 0 Å². The molecule has 0 radical (unpaired) electrons. The molecule has 0 spiro atoms. The number of aromatic nitrogens is 2. The molecule has 2 aliphatic carbocycles. The van der Waals surface area contributed by atoms with Gasteiger partial charge in [0.2, 0.25) is 5.95 Å². The predicted molar refractivity (Wildman–Crippen MR) is 101 cm³/mol. The standard InChI is InChI=1S/C16H16ClN7O5/c17-12-10(23-22-7-2-1-3-8(6-7)24(28)29)13(20-14(18)19-12)21-15(26)5-4-9-11(25)16(9,15)27/h1-3,6,9,11,25-27H,4-5H2,(H3,18,19,20,21)/t9-,11?,15-,16+/m1/s1. The van der Waals surface area contributed by atoms with Crippen LogP contribution >= 0.6 is 11.6 Å². The summed E-state index contributed by atoms with van der Waals surface area (Å²) in [6, 6.07) is 5.45. The second-order valence-electron chi connectivity index (χ2n) is 6.95. The first-order valence-corrected chi connectivity index (χ1v) is 8.94. The second kappa shape index (κ2) is 6.56. The number of nitrogens with zero attached hydrogens (tertiary/aromatic N) is 5. The Kier molecular flexibility index (Phi) is 4.38. The number of halogens is 1. The van der Waals surface area contributed by atoms with Crippen LogP contribution in [0.3, 0.4) is 0 Å². The van der Waals surface area contributed by atoms with E-state index in [1.807, 2.05) is 0 Å². The lowest BCUT2D eigenvalue weighted by Crippen LogP contribution is -2.51. The zero-order valence-corrected chi connectivity index (χ0v) is 15.5. The van der Waals surface area contributed by atoms with E-state index in [-0.39, 0.29) is 40.4 Å². The van der Waals surface area contributed by atoms with Crippen LogP contribution in [0.15, 0.2) is 34.5 Å². The zero-order chi connectivity index (χ0) is 21.0. The number of fused-ring (bicyclic) bond motifs is 1. The monoisotopic (exact) mass is 421 g/mol. The van der Waals surface area contributed by atoms with Gasteiger partial charge < -0.3 is 26.4 Å². The third-order valence-corrected chi connectivity index (χ3v) is 5.52. The molecule has 2 saturated carbocycles. The number of hydrogen-bond acceptors (Lipinski definition) is 11. The van der Waals surface area contributed by atoms with Crippen molar-refractivity contribution >= 4 is 40.4 Å². The lowest BCUT2D eigenvalue weighted by Gasteiger charge is -2.32. The van der Waals surface area contributed by atoms with E-state index in [1.54, 1.807) is 0 Å². The minimum atomic E-state index is -1.88. The Balaban J connectivity index is 1.68. The molecule has 0 aliphatic heterocycles. The lowest BCUT2D eigenvalue weighted by atomic mass is 10.0. The molecule has 1 unspecified atom stereocenters. The molecule has 13 heteroatoms. The largest absolute Gasteiger partial charge is 0.390 e. The maximum Gasteiger partial charge on any atom is 0.271 e. The first-order valence-electron chi connectivity index (χ1n) is 8.56. The number of nitro benzene ring substituents is 1. The van der Waals surface area contributed by atoms with Crippen LogP contribution in [0.1, 0.15) is 12.8 Å². The van der Waals surface area contributed by atoms with E-state index in [4.69, 9.17) is 17.3 Å². The number of benzene rings is 1. The number of azo groups is 1. The fraction of sp³-hybridized carbons (Fsp3) is 0.375. The number of nitrogen functional groups attached to an aromatic ring is 1. The lowest BCUT2D eigenvalue weighted by molar-refractivity contribution is -0.384. The van der Waals surface area contributed by atoms with Crippen LogP contribution < -0.4 is 11.1 Å². The molecule has 2 aliphatic rings. The third-order valence-electron chi connectivity index (χ3n) is 5.26. The molecule has 0 bridgehead atoms. The Morgan fingerprint density at radius 2 is 2.10 bits per heavy atom. The zero-order valence-electron chi connectivity index (χ0n) is 14.7. The van der Waals surface area contributed by atoms with Gasteiger partial charge in [-0.25, -0.2) is 0 Å². The smallest absolute Gasteiger partial charge is 0.271 e. The molecule has 1 heterocycles. The van der Waals surface area contributed by atoms with Crippen molar-refractivity contribution in [1.82, 2.24) is 9.97 Å². The molecular weight excluding hydrogens is 406 g/mol. The van der Waals surface area contributed by atoms with Crippen LogP contribution in [0.25, 0.3) is 0 Å². The fourth-order valence-electron chi connectivity index (χ4n) is 3.67. The quantitative estimate of drug-likeness (QED) is 0.157. The Morgan fingerprint density at radius 1 is 1.34 bits per heavy atom. The molecule has 2 aromatic rings. The molecule has 29 heavy (non-hydrogen) atoms. The van der Waals surface area contributed by atoms with Crippen LogP contribution in [0.2, 0.25) is 5.15 Å². The molecule has 152 valence electrons. The van der Waals surface area contributed by atoms with Crippen LogP contribution in [0.4, 0.5) is 28.8 Å².